The maximum atomic E-state index is 5.56. The number of rotatable bonds is 4. The standard InChI is InChI=1S/C22H18AsN4O/c1-28-20-7-3-6-19-18(20)9-8-15-13-25-22(26-21(15)19)23-16-4-2-5-17(12-16)27-11-10-24-14-27/h2-7,10-14H,8-9H2,1H3. The third-order valence-electron chi connectivity index (χ3n) is 4.97. The molecule has 4 aromatic rings. The van der Waals surface area contributed by atoms with Gasteiger partial charge >= 0.3 is 170 Å². The van der Waals surface area contributed by atoms with Gasteiger partial charge in [0.2, 0.25) is 0 Å². The van der Waals surface area contributed by atoms with Crippen LogP contribution in [-0.4, -0.2) is 42.4 Å². The summed E-state index contributed by atoms with van der Waals surface area (Å²) < 4.78 is 9.76. The summed E-state index contributed by atoms with van der Waals surface area (Å²) in [5.74, 6) is 0.949. The zero-order valence-corrected chi connectivity index (χ0v) is 17.3. The minimum atomic E-state index is -0.300. The number of benzene rings is 2. The number of aromatic nitrogens is 4. The predicted molar refractivity (Wildman–Crippen MR) is 110 cm³/mol. The van der Waals surface area contributed by atoms with E-state index in [1.165, 1.54) is 21.0 Å². The van der Waals surface area contributed by atoms with Gasteiger partial charge in [-0.2, -0.15) is 0 Å². The van der Waals surface area contributed by atoms with Crippen LogP contribution in [0.3, 0.4) is 0 Å². The number of imidazole rings is 1. The average Bonchev–Trinajstić information content (AvgIpc) is 3.28. The molecule has 0 amide bonds. The Morgan fingerprint density at radius 2 is 2.04 bits per heavy atom. The molecule has 0 N–H and O–H groups in total. The summed E-state index contributed by atoms with van der Waals surface area (Å²) in [7, 11) is 1.73. The van der Waals surface area contributed by atoms with Crippen molar-refractivity contribution in [1.82, 2.24) is 19.5 Å². The van der Waals surface area contributed by atoms with E-state index in [0.29, 0.717) is 0 Å². The van der Waals surface area contributed by atoms with Gasteiger partial charge in [-0.25, -0.2) is 0 Å². The van der Waals surface area contributed by atoms with Crippen LogP contribution in [-0.2, 0) is 12.8 Å². The zero-order chi connectivity index (χ0) is 18.9. The van der Waals surface area contributed by atoms with Gasteiger partial charge in [-0.15, -0.1) is 0 Å². The van der Waals surface area contributed by atoms with E-state index < -0.39 is 0 Å². The first-order valence-corrected chi connectivity index (χ1v) is 11.0. The molecule has 0 fully saturated rings. The Morgan fingerprint density at radius 1 is 1.11 bits per heavy atom. The Kier molecular flexibility index (Phi) is 4.45. The van der Waals surface area contributed by atoms with Crippen molar-refractivity contribution < 1.29 is 4.74 Å². The molecule has 28 heavy (non-hydrogen) atoms. The molecular weight excluding hydrogens is 411 g/mol. The molecule has 1 aliphatic carbocycles. The van der Waals surface area contributed by atoms with E-state index in [0.717, 1.165) is 34.6 Å². The molecule has 5 rings (SSSR count). The number of nitrogens with zero attached hydrogens (tertiary/aromatic N) is 4. The van der Waals surface area contributed by atoms with Crippen molar-refractivity contribution >= 4 is 24.7 Å². The van der Waals surface area contributed by atoms with Crippen molar-refractivity contribution in [1.29, 1.82) is 0 Å². The predicted octanol–water partition coefficient (Wildman–Crippen LogP) is 2.09. The number of methoxy groups -OCH3 is 1. The molecule has 0 atom stereocenters. The van der Waals surface area contributed by atoms with Gasteiger partial charge in [0.05, 0.1) is 0 Å². The molecule has 1 aliphatic rings. The van der Waals surface area contributed by atoms with Crippen LogP contribution >= 0.6 is 0 Å². The second-order valence-corrected chi connectivity index (χ2v) is 9.02. The summed E-state index contributed by atoms with van der Waals surface area (Å²) in [5.41, 5.74) is 5.82. The fourth-order valence-electron chi connectivity index (χ4n) is 3.61. The Labute approximate surface area is 170 Å². The van der Waals surface area contributed by atoms with E-state index in [1.54, 1.807) is 13.3 Å². The number of ether oxygens (including phenoxy) is 1. The topological polar surface area (TPSA) is 52.8 Å². The van der Waals surface area contributed by atoms with Crippen LogP contribution in [0.2, 0.25) is 0 Å². The van der Waals surface area contributed by atoms with Crippen molar-refractivity contribution in [2.45, 2.75) is 12.8 Å². The van der Waals surface area contributed by atoms with Crippen LogP contribution in [0.4, 0.5) is 0 Å². The first kappa shape index (κ1) is 17.2. The molecule has 6 heteroatoms. The zero-order valence-electron chi connectivity index (χ0n) is 15.4. The minimum absolute atomic E-state index is 0.300. The van der Waals surface area contributed by atoms with Crippen LogP contribution in [0, 0.1) is 0 Å². The molecule has 0 spiro atoms. The van der Waals surface area contributed by atoms with Gasteiger partial charge in [0.1, 0.15) is 0 Å². The Morgan fingerprint density at radius 3 is 2.89 bits per heavy atom. The first-order valence-electron chi connectivity index (χ1n) is 9.14. The van der Waals surface area contributed by atoms with Gasteiger partial charge in [0.15, 0.2) is 0 Å². The third-order valence-corrected chi connectivity index (χ3v) is 6.96. The van der Waals surface area contributed by atoms with Crippen molar-refractivity contribution in [2.24, 2.45) is 0 Å². The van der Waals surface area contributed by atoms with Gasteiger partial charge in [-0.05, 0) is 0 Å². The van der Waals surface area contributed by atoms with Gasteiger partial charge < -0.3 is 0 Å². The SMILES string of the molecule is COc1cccc2c1CCc1cnc([As]c3cccc(-n4ccnc4)c3)nc1-2. The van der Waals surface area contributed by atoms with Crippen molar-refractivity contribution in [3.63, 3.8) is 0 Å². The molecule has 2 aromatic carbocycles. The average molecular weight is 429 g/mol. The van der Waals surface area contributed by atoms with Crippen LogP contribution in [0.1, 0.15) is 11.1 Å². The van der Waals surface area contributed by atoms with Crippen LogP contribution in [0.15, 0.2) is 67.4 Å². The van der Waals surface area contributed by atoms with Crippen LogP contribution < -0.4 is 13.7 Å². The molecule has 1 radical (unpaired) electrons. The van der Waals surface area contributed by atoms with E-state index in [4.69, 9.17) is 9.72 Å². The maximum absolute atomic E-state index is 5.56. The fourth-order valence-corrected chi connectivity index (χ4v) is 5.41. The second-order valence-electron chi connectivity index (χ2n) is 6.63. The molecular formula is C22H18AsN4O. The van der Waals surface area contributed by atoms with E-state index in [-0.39, 0.29) is 15.8 Å². The summed E-state index contributed by atoms with van der Waals surface area (Å²) in [6.45, 7) is 0. The normalized spacial score (nSPS) is 12.8. The van der Waals surface area contributed by atoms with Crippen LogP contribution in [0.25, 0.3) is 16.9 Å². The summed E-state index contributed by atoms with van der Waals surface area (Å²) in [6.07, 6.45) is 9.49. The van der Waals surface area contributed by atoms with E-state index in [1.807, 2.05) is 35.4 Å². The van der Waals surface area contributed by atoms with Crippen LogP contribution in [0.5, 0.6) is 5.75 Å². The number of hydrogen-bond acceptors (Lipinski definition) is 4. The molecule has 137 valence electrons. The number of hydrogen-bond donors (Lipinski definition) is 0. The molecule has 0 saturated carbocycles. The first-order chi connectivity index (χ1) is 13.8. The van der Waals surface area contributed by atoms with Crippen molar-refractivity contribution in [3.05, 3.63) is 78.5 Å². The summed E-state index contributed by atoms with van der Waals surface area (Å²) in [6, 6.07) is 14.7. The third kappa shape index (κ3) is 3.12. The molecule has 2 heterocycles. The molecule has 0 saturated heterocycles. The Bertz CT molecular complexity index is 1140. The molecule has 0 unspecified atom stereocenters. The monoisotopic (exact) mass is 429 g/mol. The Hall–Kier alpha value is -2.91. The summed E-state index contributed by atoms with van der Waals surface area (Å²) >= 11 is -0.300. The number of aryl methyl sites for hydroxylation is 1. The molecule has 0 aliphatic heterocycles. The number of fused-ring (bicyclic) bond motifs is 3. The fraction of sp³-hybridized carbons (Fsp3) is 0.136. The second kappa shape index (κ2) is 7.25. The quantitative estimate of drug-likeness (QED) is 0.467. The van der Waals surface area contributed by atoms with Gasteiger partial charge in [0, 0.05) is 0 Å². The van der Waals surface area contributed by atoms with Gasteiger partial charge in [-0.3, -0.25) is 0 Å². The molecule has 2 aromatic heterocycles. The van der Waals surface area contributed by atoms with Gasteiger partial charge in [0.25, 0.3) is 0 Å². The van der Waals surface area contributed by atoms with E-state index >= 15 is 0 Å². The van der Waals surface area contributed by atoms with E-state index in [9.17, 15) is 0 Å². The molecule has 0 bridgehead atoms. The molecule has 5 nitrogen and oxygen atoms in total. The van der Waals surface area contributed by atoms with Crippen molar-refractivity contribution in [3.8, 4) is 22.7 Å². The summed E-state index contributed by atoms with van der Waals surface area (Å²) in [4.78, 5) is 13.8. The summed E-state index contributed by atoms with van der Waals surface area (Å²) in [5, 5.41) is 0. The Balaban J connectivity index is 1.49. The van der Waals surface area contributed by atoms with Gasteiger partial charge in [-0.1, -0.05) is 0 Å². The van der Waals surface area contributed by atoms with E-state index in [2.05, 4.69) is 40.3 Å². The van der Waals surface area contributed by atoms with Crippen molar-refractivity contribution in [2.75, 3.05) is 7.11 Å².